The number of halogens is 1. The van der Waals surface area contributed by atoms with Crippen LogP contribution in [0.25, 0.3) is 5.82 Å². The van der Waals surface area contributed by atoms with E-state index in [-0.39, 0.29) is 17.9 Å². The first kappa shape index (κ1) is 25.5. The van der Waals surface area contributed by atoms with Crippen molar-refractivity contribution in [3.63, 3.8) is 0 Å². The minimum Gasteiger partial charge on any atom is -0.382 e. The average molecular weight is 520 g/mol. The number of amides is 1. The molecular weight excluding hydrogens is 489 g/mol. The van der Waals surface area contributed by atoms with E-state index in [1.165, 1.54) is 10.9 Å². The second-order valence-electron chi connectivity index (χ2n) is 9.87. The second kappa shape index (κ2) is 10.3. The third-order valence-corrected chi connectivity index (χ3v) is 6.83. The van der Waals surface area contributed by atoms with Crippen molar-refractivity contribution in [3.05, 3.63) is 71.4 Å². The number of carbonyl (C=O) groups is 1. The van der Waals surface area contributed by atoms with Crippen molar-refractivity contribution >= 4 is 17.5 Å². The summed E-state index contributed by atoms with van der Waals surface area (Å²) in [5.74, 6) is 1.28. The first-order valence-electron chi connectivity index (χ1n) is 12.5. The maximum absolute atomic E-state index is 13.2. The first-order chi connectivity index (χ1) is 18.2. The maximum Gasteiger partial charge on any atom is 0.223 e. The maximum atomic E-state index is 13.2. The van der Waals surface area contributed by atoms with E-state index in [1.54, 1.807) is 18.3 Å². The van der Waals surface area contributed by atoms with Crippen molar-refractivity contribution in [1.29, 1.82) is 0 Å². The normalized spacial score (nSPS) is 20.2. The Morgan fingerprint density at radius 2 is 1.97 bits per heavy atom. The molecule has 0 aliphatic heterocycles. The number of aromatic amines is 1. The molecule has 4 aromatic rings. The molecule has 38 heavy (non-hydrogen) atoms. The van der Waals surface area contributed by atoms with Crippen LogP contribution in [0.4, 0.5) is 16.0 Å². The van der Waals surface area contributed by atoms with Gasteiger partial charge >= 0.3 is 0 Å². The molecule has 1 atom stereocenters. The van der Waals surface area contributed by atoms with Crippen molar-refractivity contribution in [3.8, 4) is 5.82 Å². The summed E-state index contributed by atoms with van der Waals surface area (Å²) in [6.45, 7) is 5.65. The Balaban J connectivity index is 1.19. The Hall–Kier alpha value is -4.19. The highest BCUT2D eigenvalue weighted by molar-refractivity contribution is 5.79. The van der Waals surface area contributed by atoms with Crippen LogP contribution in [0.2, 0.25) is 0 Å². The summed E-state index contributed by atoms with van der Waals surface area (Å²) in [6.07, 6.45) is 5.78. The molecule has 4 aromatic heterocycles. The zero-order valence-corrected chi connectivity index (χ0v) is 21.4. The summed E-state index contributed by atoms with van der Waals surface area (Å²) < 4.78 is 14.6. The predicted molar refractivity (Wildman–Crippen MR) is 137 cm³/mol. The van der Waals surface area contributed by atoms with Gasteiger partial charge in [0.15, 0.2) is 23.3 Å². The van der Waals surface area contributed by atoms with Gasteiger partial charge in [-0.25, -0.2) is 24.0 Å². The number of rotatable bonds is 7. The van der Waals surface area contributed by atoms with Crippen molar-refractivity contribution in [2.24, 2.45) is 5.92 Å². The molecule has 4 N–H and O–H groups in total. The number of nitrogens with zero attached hydrogens (tertiary/aromatic N) is 6. The number of aromatic nitrogens is 7. The number of H-pyrrole nitrogens is 1. The van der Waals surface area contributed by atoms with Crippen LogP contribution in [0, 0.1) is 25.6 Å². The van der Waals surface area contributed by atoms with Gasteiger partial charge in [-0.05, 0) is 58.1 Å². The van der Waals surface area contributed by atoms with Gasteiger partial charge in [-0.2, -0.15) is 10.2 Å². The minimum absolute atomic E-state index is 0.0702. The van der Waals surface area contributed by atoms with Crippen LogP contribution in [0.15, 0.2) is 42.9 Å². The van der Waals surface area contributed by atoms with Gasteiger partial charge in [0.25, 0.3) is 0 Å². The molecule has 11 nitrogen and oxygen atoms in total. The second-order valence-corrected chi connectivity index (χ2v) is 9.87. The third kappa shape index (κ3) is 5.54. The molecule has 1 fully saturated rings. The van der Waals surface area contributed by atoms with E-state index in [1.807, 2.05) is 32.9 Å². The quantitative estimate of drug-likeness (QED) is 0.290. The molecule has 0 radical (unpaired) electrons. The third-order valence-electron chi connectivity index (χ3n) is 6.83. The number of nitrogens with one attached hydrogen (secondary N) is 3. The van der Waals surface area contributed by atoms with Gasteiger partial charge in [0, 0.05) is 35.6 Å². The van der Waals surface area contributed by atoms with Crippen LogP contribution in [0.1, 0.15) is 61.4 Å². The summed E-state index contributed by atoms with van der Waals surface area (Å²) in [6, 6.07) is 6.95. The van der Waals surface area contributed by atoms with E-state index in [0.29, 0.717) is 49.0 Å². The zero-order chi connectivity index (χ0) is 26.9. The summed E-state index contributed by atoms with van der Waals surface area (Å²) >= 11 is 0. The van der Waals surface area contributed by atoms with E-state index < -0.39 is 11.4 Å². The Kier molecular flexibility index (Phi) is 6.89. The van der Waals surface area contributed by atoms with E-state index in [9.17, 15) is 14.3 Å². The summed E-state index contributed by atoms with van der Waals surface area (Å²) in [7, 11) is 0. The van der Waals surface area contributed by atoms with Crippen molar-refractivity contribution in [2.75, 3.05) is 5.32 Å². The minimum atomic E-state index is -1.21. The van der Waals surface area contributed by atoms with Gasteiger partial charge in [-0.15, -0.1) is 0 Å². The molecule has 0 saturated heterocycles. The highest BCUT2D eigenvalue weighted by Gasteiger charge is 2.40. The van der Waals surface area contributed by atoms with E-state index in [2.05, 4.69) is 40.9 Å². The van der Waals surface area contributed by atoms with Crippen LogP contribution < -0.4 is 10.6 Å². The van der Waals surface area contributed by atoms with Crippen LogP contribution in [0.3, 0.4) is 0 Å². The van der Waals surface area contributed by atoms with Crippen LogP contribution in [-0.2, 0) is 10.4 Å². The molecule has 1 aliphatic carbocycles. The van der Waals surface area contributed by atoms with Crippen LogP contribution in [0.5, 0.6) is 0 Å². The Morgan fingerprint density at radius 1 is 1.18 bits per heavy atom. The highest BCUT2D eigenvalue weighted by atomic mass is 19.1. The molecule has 4 heterocycles. The average Bonchev–Trinajstić information content (AvgIpc) is 3.51. The number of pyridine rings is 1. The van der Waals surface area contributed by atoms with Gasteiger partial charge in [0.2, 0.25) is 5.91 Å². The fourth-order valence-electron chi connectivity index (χ4n) is 4.66. The van der Waals surface area contributed by atoms with Gasteiger partial charge in [0.05, 0.1) is 18.4 Å². The molecule has 1 aliphatic rings. The van der Waals surface area contributed by atoms with Crippen molar-refractivity contribution < 1.29 is 14.3 Å². The predicted octanol–water partition coefficient (Wildman–Crippen LogP) is 3.54. The summed E-state index contributed by atoms with van der Waals surface area (Å²) in [5, 5.41) is 28.5. The van der Waals surface area contributed by atoms with E-state index >= 15 is 0 Å². The van der Waals surface area contributed by atoms with Gasteiger partial charge in [-0.1, -0.05) is 6.07 Å². The molecule has 0 spiro atoms. The topological polar surface area (TPSA) is 147 Å². The van der Waals surface area contributed by atoms with Crippen molar-refractivity contribution in [1.82, 2.24) is 40.2 Å². The Labute approximate surface area is 218 Å². The summed E-state index contributed by atoms with van der Waals surface area (Å²) in [5.41, 5.74) is 1.26. The highest BCUT2D eigenvalue weighted by Crippen LogP contribution is 2.39. The lowest BCUT2D eigenvalue weighted by Crippen LogP contribution is -2.40. The molecule has 0 aromatic carbocycles. The molecule has 5 rings (SSSR count). The SMILES string of the molecule is Cc1cc(Nc2cc(C)[nH]n2)nc([C@]2(O)CC[C@@H](C(=O)N[C@@H](C)c3ccc(-n4cc(F)cn4)nc3)CC2)n1. The monoisotopic (exact) mass is 519 g/mol. The van der Waals surface area contributed by atoms with Crippen molar-refractivity contribution in [2.45, 2.75) is 58.1 Å². The largest absolute Gasteiger partial charge is 0.382 e. The lowest BCUT2D eigenvalue weighted by Gasteiger charge is -2.34. The number of anilines is 2. The Morgan fingerprint density at radius 3 is 2.61 bits per heavy atom. The molecule has 198 valence electrons. The molecular formula is C26H30FN9O2. The lowest BCUT2D eigenvalue weighted by molar-refractivity contribution is -0.129. The molecule has 12 heteroatoms. The number of hydrogen-bond acceptors (Lipinski definition) is 8. The van der Waals surface area contributed by atoms with Gasteiger partial charge < -0.3 is 15.7 Å². The first-order valence-corrected chi connectivity index (χ1v) is 12.5. The van der Waals surface area contributed by atoms with Crippen LogP contribution in [-0.4, -0.2) is 45.9 Å². The molecule has 1 saturated carbocycles. The molecule has 0 bridgehead atoms. The fraction of sp³-hybridized carbons (Fsp3) is 0.385. The number of aliphatic hydroxyl groups is 1. The van der Waals surface area contributed by atoms with Gasteiger partial charge in [0.1, 0.15) is 11.4 Å². The fourth-order valence-corrected chi connectivity index (χ4v) is 4.66. The molecule has 1 amide bonds. The van der Waals surface area contributed by atoms with Gasteiger partial charge in [-0.3, -0.25) is 9.89 Å². The Bertz CT molecular complexity index is 1420. The lowest BCUT2D eigenvalue weighted by atomic mass is 9.77. The summed E-state index contributed by atoms with van der Waals surface area (Å²) in [4.78, 5) is 26.4. The number of aryl methyl sites for hydroxylation is 2. The van der Waals surface area contributed by atoms with E-state index in [0.717, 1.165) is 23.1 Å². The number of hydrogen-bond donors (Lipinski definition) is 4. The number of carbonyl (C=O) groups excluding carboxylic acids is 1. The molecule has 0 unspecified atom stereocenters. The van der Waals surface area contributed by atoms with E-state index in [4.69, 9.17) is 0 Å². The standard InChI is InChI=1S/C26H30FN9O2/c1-15-10-21(32-22-11-16(2)34-35-22)33-25(30-15)26(38)8-6-18(7-9-26)24(37)31-17(3)19-4-5-23(28-12-19)36-14-20(27)13-29-36/h4-5,10-14,17-18,38H,6-9H2,1-3H3,(H,31,37)(H2,30,32,33,34,35)/t17-,18-,26+/m0/s1. The zero-order valence-electron chi connectivity index (χ0n) is 21.4. The van der Waals surface area contributed by atoms with Crippen LogP contribution >= 0.6 is 0 Å². The smallest absolute Gasteiger partial charge is 0.223 e.